The van der Waals surface area contributed by atoms with Crippen LogP contribution in [0, 0.1) is 11.6 Å². The summed E-state index contributed by atoms with van der Waals surface area (Å²) in [5.74, 6) is -6.10. The number of aliphatic hydroxyl groups excluding tert-OH is 1. The van der Waals surface area contributed by atoms with Crippen LogP contribution in [0.1, 0.15) is 55.3 Å². The second-order valence-electron chi connectivity index (χ2n) is 13.8. The average Bonchev–Trinajstić information content (AvgIpc) is 3.82. The highest BCUT2D eigenvalue weighted by Crippen LogP contribution is 2.45. The monoisotopic (exact) mass is 798 g/mol. The van der Waals surface area contributed by atoms with Crippen molar-refractivity contribution in [1.82, 2.24) is 24.9 Å². The largest absolute Gasteiger partial charge is 0.509 e. The molecule has 1 saturated heterocycles. The second kappa shape index (κ2) is 15.9. The van der Waals surface area contributed by atoms with Gasteiger partial charge in [0.2, 0.25) is 5.82 Å². The number of amides is 2. The third kappa shape index (κ3) is 8.02. The minimum Gasteiger partial charge on any atom is -0.509 e. The Morgan fingerprint density at radius 2 is 1.73 bits per heavy atom. The molecule has 2 amide bonds. The summed E-state index contributed by atoms with van der Waals surface area (Å²) in [6, 6.07) is 4.84. The van der Waals surface area contributed by atoms with E-state index in [9.17, 15) is 41.0 Å². The lowest BCUT2D eigenvalue weighted by molar-refractivity contribution is -0.163. The van der Waals surface area contributed by atoms with Gasteiger partial charge < -0.3 is 19.9 Å². The topological polar surface area (TPSA) is 120 Å². The zero-order valence-electron chi connectivity index (χ0n) is 30.2. The van der Waals surface area contributed by atoms with Crippen molar-refractivity contribution in [2.45, 2.75) is 69.0 Å². The van der Waals surface area contributed by atoms with Gasteiger partial charge >= 0.3 is 12.4 Å². The van der Waals surface area contributed by atoms with E-state index in [4.69, 9.17) is 9.47 Å². The third-order valence-corrected chi connectivity index (χ3v) is 10.5. The van der Waals surface area contributed by atoms with Crippen LogP contribution in [0.2, 0.25) is 0 Å². The fourth-order valence-corrected chi connectivity index (χ4v) is 7.58. The number of hydrogen-bond donors (Lipinski definition) is 2. The Labute approximate surface area is 315 Å². The molecule has 0 bridgehead atoms. The lowest BCUT2D eigenvalue weighted by atomic mass is 9.88. The number of anilines is 1. The maximum absolute atomic E-state index is 15.6. The fourth-order valence-electron chi connectivity index (χ4n) is 7.58. The molecule has 2 N–H and O–H groups in total. The molecular formula is C37H38F8N6O5. The van der Waals surface area contributed by atoms with Gasteiger partial charge in [0.15, 0.2) is 11.6 Å². The van der Waals surface area contributed by atoms with Crippen molar-refractivity contribution in [1.29, 1.82) is 0 Å². The maximum atomic E-state index is 15.6. The van der Waals surface area contributed by atoms with Gasteiger partial charge in [-0.15, -0.1) is 0 Å². The summed E-state index contributed by atoms with van der Waals surface area (Å²) in [5.41, 5.74) is -6.94. The summed E-state index contributed by atoms with van der Waals surface area (Å²) in [5, 5.41) is 16.1. The number of ether oxygens (including phenoxy) is 2. The smallest absolute Gasteiger partial charge is 0.433 e. The van der Waals surface area contributed by atoms with E-state index in [2.05, 4.69) is 20.2 Å². The highest BCUT2D eigenvalue weighted by molar-refractivity contribution is 6.24. The summed E-state index contributed by atoms with van der Waals surface area (Å²) in [6.45, 7) is 1.25. The van der Waals surface area contributed by atoms with E-state index in [-0.39, 0.29) is 36.8 Å². The fraction of sp³-hybridized carbons (Fsp3) is 0.459. The number of nitrogens with zero attached hydrogens (tertiary/aromatic N) is 5. The zero-order valence-corrected chi connectivity index (χ0v) is 30.2. The Hall–Kier alpha value is -4.88. The number of alkyl halides is 6. The second-order valence-corrected chi connectivity index (χ2v) is 13.8. The molecule has 1 aliphatic carbocycles. The van der Waals surface area contributed by atoms with Gasteiger partial charge in [-0.2, -0.15) is 30.7 Å². The van der Waals surface area contributed by atoms with Gasteiger partial charge in [0.05, 0.1) is 35.6 Å². The minimum atomic E-state index is -4.99. The molecule has 56 heavy (non-hydrogen) atoms. The summed E-state index contributed by atoms with van der Waals surface area (Å²) in [4.78, 5) is 37.0. The van der Waals surface area contributed by atoms with Crippen LogP contribution >= 0.6 is 0 Å². The lowest BCUT2D eigenvalue weighted by Gasteiger charge is -2.48. The molecule has 1 aromatic heterocycles. The zero-order chi connectivity index (χ0) is 40.6. The Bertz CT molecular complexity index is 2000. The molecule has 19 heteroatoms. The first-order valence-electron chi connectivity index (χ1n) is 17.7. The molecule has 3 heterocycles. The number of nitrogens with one attached hydrogen (secondary N) is 1. The average molecular weight is 799 g/mol. The molecule has 0 radical (unpaired) electrons. The van der Waals surface area contributed by atoms with Gasteiger partial charge in [0.25, 0.3) is 11.8 Å². The van der Waals surface area contributed by atoms with E-state index in [0.29, 0.717) is 50.5 Å². The van der Waals surface area contributed by atoms with E-state index in [1.807, 2.05) is 0 Å². The summed E-state index contributed by atoms with van der Waals surface area (Å²) in [7, 11) is 3.04. The molecule has 1 saturated carbocycles. The number of aromatic nitrogens is 2. The van der Waals surface area contributed by atoms with E-state index in [1.165, 1.54) is 24.2 Å². The quantitative estimate of drug-likeness (QED) is 0.158. The van der Waals surface area contributed by atoms with E-state index in [1.54, 1.807) is 7.11 Å². The van der Waals surface area contributed by atoms with Gasteiger partial charge in [-0.25, -0.2) is 19.4 Å². The third-order valence-electron chi connectivity index (χ3n) is 10.5. The highest BCUT2D eigenvalue weighted by Gasteiger charge is 2.53. The number of hydrogen-bond acceptors (Lipinski definition) is 9. The molecule has 1 atom stereocenters. The molecule has 302 valence electrons. The number of methoxy groups -OCH3 is 1. The SMILES string of the molecule is COC[C@@H]1CCCN1CCOc1ccc(CN2C(=O)C(C(=O)Nc3ccc(C(F)(F)F)cc3-c3cc(C(F)(F)F)ncn3)=C(O)C3(CCCC3)N2C)c(F)c1F. The minimum absolute atomic E-state index is 0.0652. The number of aliphatic hydroxyl groups is 1. The molecule has 6 rings (SSSR count). The Morgan fingerprint density at radius 1 is 1.00 bits per heavy atom. The van der Waals surface area contributed by atoms with E-state index >= 15 is 8.78 Å². The number of carbonyl (C=O) groups excluding carboxylic acids is 2. The van der Waals surface area contributed by atoms with Crippen LogP contribution in [-0.4, -0.2) is 93.8 Å². The first kappa shape index (κ1) is 40.8. The van der Waals surface area contributed by atoms with Crippen LogP contribution in [0.3, 0.4) is 0 Å². The molecule has 3 aliphatic rings. The summed E-state index contributed by atoms with van der Waals surface area (Å²) in [6.07, 6.45) is -5.98. The molecule has 1 spiro atoms. The number of benzene rings is 2. The van der Waals surface area contributed by atoms with Gasteiger partial charge in [0.1, 0.15) is 30.0 Å². The van der Waals surface area contributed by atoms with Crippen LogP contribution in [0.4, 0.5) is 40.8 Å². The number of carbonyl (C=O) groups is 2. The number of rotatable bonds is 11. The Morgan fingerprint density at radius 3 is 2.41 bits per heavy atom. The summed E-state index contributed by atoms with van der Waals surface area (Å²) >= 11 is 0. The van der Waals surface area contributed by atoms with Gasteiger partial charge in [-0.1, -0.05) is 18.9 Å². The molecule has 0 unspecified atom stereocenters. The van der Waals surface area contributed by atoms with Crippen molar-refractivity contribution in [3.8, 4) is 17.0 Å². The van der Waals surface area contributed by atoms with Crippen molar-refractivity contribution < 1.29 is 59.3 Å². The van der Waals surface area contributed by atoms with Crippen LogP contribution in [0.25, 0.3) is 11.3 Å². The van der Waals surface area contributed by atoms with Crippen LogP contribution < -0.4 is 10.1 Å². The van der Waals surface area contributed by atoms with Crippen molar-refractivity contribution in [2.75, 3.05) is 45.8 Å². The molecule has 2 aromatic carbocycles. The molecule has 3 aromatic rings. The Kier molecular flexibility index (Phi) is 11.6. The molecule has 2 aliphatic heterocycles. The molecular weight excluding hydrogens is 760 g/mol. The van der Waals surface area contributed by atoms with E-state index < -0.39 is 87.4 Å². The number of halogens is 8. The first-order chi connectivity index (χ1) is 26.5. The highest BCUT2D eigenvalue weighted by atomic mass is 19.4. The van der Waals surface area contributed by atoms with Crippen LogP contribution in [0.5, 0.6) is 5.75 Å². The number of hydrazine groups is 1. The van der Waals surface area contributed by atoms with Gasteiger partial charge in [-0.05, 0) is 62.6 Å². The van der Waals surface area contributed by atoms with Crippen molar-refractivity contribution in [3.63, 3.8) is 0 Å². The molecule has 2 fully saturated rings. The van der Waals surface area contributed by atoms with Crippen molar-refractivity contribution in [3.05, 3.63) is 82.5 Å². The summed E-state index contributed by atoms with van der Waals surface area (Å²) < 4.78 is 123. The lowest BCUT2D eigenvalue weighted by Crippen LogP contribution is -2.62. The number of likely N-dealkylation sites (tertiary alicyclic amines) is 1. The predicted octanol–water partition coefficient (Wildman–Crippen LogP) is 6.90. The maximum Gasteiger partial charge on any atom is 0.433 e. The van der Waals surface area contributed by atoms with Crippen molar-refractivity contribution in [2.24, 2.45) is 0 Å². The van der Waals surface area contributed by atoms with Crippen LogP contribution in [-0.2, 0) is 33.2 Å². The Balaban J connectivity index is 1.28. The van der Waals surface area contributed by atoms with Crippen LogP contribution in [0.15, 0.2) is 54.1 Å². The van der Waals surface area contributed by atoms with Gasteiger partial charge in [0, 0.05) is 37.9 Å². The normalized spacial score (nSPS) is 19.4. The number of likely N-dealkylation sites (N-methyl/N-ethyl adjacent to an activating group) is 1. The van der Waals surface area contributed by atoms with E-state index in [0.717, 1.165) is 30.5 Å². The predicted molar refractivity (Wildman–Crippen MR) is 184 cm³/mol. The van der Waals surface area contributed by atoms with Crippen molar-refractivity contribution >= 4 is 17.5 Å². The first-order valence-corrected chi connectivity index (χ1v) is 17.7. The standard InChI is InChI=1S/C37H38F8N6O5/c1-49-35(11-3-4-12-35)32(52)29(33(53)48-25-9-8-22(36(40,41)42)16-24(25)26-17-28(37(43,44)45)47-20-46-26)34(54)51(49)18-21-7-10-27(31(39)30(21)38)56-15-14-50-13-5-6-23(50)19-55-2/h7-10,16-17,20,23,52H,3-6,11-15,18-19H2,1-2H3,(H,48,53)/t23-/m0/s1. The van der Waals surface area contributed by atoms with Gasteiger partial charge in [-0.3, -0.25) is 19.5 Å². The molecule has 11 nitrogen and oxygen atoms in total.